The Bertz CT molecular complexity index is 754. The van der Waals surface area contributed by atoms with E-state index < -0.39 is 5.60 Å². The van der Waals surface area contributed by atoms with Crippen LogP contribution in [0.3, 0.4) is 0 Å². The number of carbonyl (C=O) groups is 1. The van der Waals surface area contributed by atoms with Gasteiger partial charge >= 0.3 is 6.09 Å². The molecule has 0 N–H and O–H groups in total. The van der Waals surface area contributed by atoms with Gasteiger partial charge in [-0.2, -0.15) is 0 Å². The number of ether oxygens (including phenoxy) is 1. The number of hydrogen-bond donors (Lipinski definition) is 0. The minimum Gasteiger partial charge on any atom is -0.444 e. The number of amides is 1. The number of carbonyl (C=O) groups excluding carboxylic acids is 1. The molecule has 0 unspecified atom stereocenters. The molecule has 0 bridgehead atoms. The Kier molecular flexibility index (Phi) is 5.57. The molecule has 1 fully saturated rings. The molecule has 138 valence electrons. The van der Waals surface area contributed by atoms with E-state index in [0.717, 1.165) is 11.4 Å². The van der Waals surface area contributed by atoms with Crippen LogP contribution in [0.4, 0.5) is 4.79 Å². The van der Waals surface area contributed by atoms with Gasteiger partial charge < -0.3 is 9.64 Å². The first-order valence-corrected chi connectivity index (χ1v) is 9.49. The fourth-order valence-corrected chi connectivity index (χ4v) is 3.82. The zero-order valence-corrected chi connectivity index (χ0v) is 16.4. The first-order valence-electron chi connectivity index (χ1n) is 9.12. The maximum Gasteiger partial charge on any atom is 0.410 e. The summed E-state index contributed by atoms with van der Waals surface area (Å²) in [6, 6.07) is 18.5. The number of piperidine rings is 1. The molecule has 1 aliphatic rings. The third-order valence-electron chi connectivity index (χ3n) is 4.77. The van der Waals surface area contributed by atoms with Crippen molar-refractivity contribution in [2.24, 2.45) is 0 Å². The van der Waals surface area contributed by atoms with Crippen LogP contribution in [-0.2, 0) is 4.74 Å². The Balaban J connectivity index is 1.88. The van der Waals surface area contributed by atoms with E-state index in [0.29, 0.717) is 19.0 Å². The van der Waals surface area contributed by atoms with Crippen LogP contribution >= 0.6 is 11.6 Å². The Hall–Kier alpha value is -2.00. The summed E-state index contributed by atoms with van der Waals surface area (Å²) in [7, 11) is 0. The molecule has 0 radical (unpaired) electrons. The van der Waals surface area contributed by atoms with Gasteiger partial charge in [-0.05, 0) is 56.4 Å². The van der Waals surface area contributed by atoms with Crippen LogP contribution in [0, 0.1) is 0 Å². The highest BCUT2D eigenvalue weighted by molar-refractivity contribution is 6.30. The van der Waals surface area contributed by atoms with Gasteiger partial charge in [0.15, 0.2) is 0 Å². The predicted molar refractivity (Wildman–Crippen MR) is 106 cm³/mol. The van der Waals surface area contributed by atoms with Crippen molar-refractivity contribution in [2.45, 2.75) is 44.6 Å². The average Bonchev–Trinajstić information content (AvgIpc) is 2.60. The molecule has 2 atom stereocenters. The van der Waals surface area contributed by atoms with Crippen molar-refractivity contribution < 1.29 is 9.53 Å². The zero-order chi connectivity index (χ0) is 18.7. The van der Waals surface area contributed by atoms with Crippen LogP contribution < -0.4 is 0 Å². The molecule has 0 saturated carbocycles. The topological polar surface area (TPSA) is 29.5 Å². The monoisotopic (exact) mass is 371 g/mol. The fraction of sp³-hybridized carbons (Fsp3) is 0.409. The van der Waals surface area contributed by atoms with Crippen LogP contribution in [0.1, 0.15) is 50.2 Å². The highest BCUT2D eigenvalue weighted by Gasteiger charge is 2.35. The van der Waals surface area contributed by atoms with Gasteiger partial charge in [-0.15, -0.1) is 0 Å². The lowest BCUT2D eigenvalue weighted by Crippen LogP contribution is -2.44. The smallest absolute Gasteiger partial charge is 0.410 e. The summed E-state index contributed by atoms with van der Waals surface area (Å²) >= 11 is 6.24. The van der Waals surface area contributed by atoms with Crippen molar-refractivity contribution in [3.63, 3.8) is 0 Å². The number of hydrogen-bond acceptors (Lipinski definition) is 2. The van der Waals surface area contributed by atoms with E-state index >= 15 is 0 Å². The first-order chi connectivity index (χ1) is 12.3. The van der Waals surface area contributed by atoms with Crippen LogP contribution in [0.25, 0.3) is 0 Å². The summed E-state index contributed by atoms with van der Waals surface area (Å²) in [4.78, 5) is 14.4. The number of benzene rings is 2. The van der Waals surface area contributed by atoms with Gasteiger partial charge in [0, 0.05) is 24.0 Å². The minimum absolute atomic E-state index is 0.192. The van der Waals surface area contributed by atoms with Crippen LogP contribution in [0.15, 0.2) is 54.6 Å². The first kappa shape index (κ1) is 18.8. The van der Waals surface area contributed by atoms with E-state index in [1.54, 1.807) is 0 Å². The molecule has 1 heterocycles. The maximum absolute atomic E-state index is 12.6. The quantitative estimate of drug-likeness (QED) is 0.662. The minimum atomic E-state index is -0.487. The predicted octanol–water partition coefficient (Wildman–Crippen LogP) is 5.85. The second kappa shape index (κ2) is 7.71. The highest BCUT2D eigenvalue weighted by atomic mass is 35.5. The van der Waals surface area contributed by atoms with E-state index in [-0.39, 0.29) is 12.0 Å². The molecule has 4 heteroatoms. The van der Waals surface area contributed by atoms with E-state index in [4.69, 9.17) is 16.3 Å². The molecule has 0 aliphatic carbocycles. The molecule has 0 aromatic heterocycles. The lowest BCUT2D eigenvalue weighted by atomic mass is 9.77. The SMILES string of the molecule is CC(C)(C)OC(=O)N1CC[C@H](c2ccccc2)[C@@H](c2cccc(Cl)c2)C1. The fourth-order valence-electron chi connectivity index (χ4n) is 3.62. The Labute approximate surface area is 160 Å². The van der Waals surface area contributed by atoms with Crippen molar-refractivity contribution in [3.05, 3.63) is 70.7 Å². The summed E-state index contributed by atoms with van der Waals surface area (Å²) in [5, 5.41) is 0.726. The summed E-state index contributed by atoms with van der Waals surface area (Å²) in [5.41, 5.74) is 1.99. The van der Waals surface area contributed by atoms with Crippen molar-refractivity contribution in [1.29, 1.82) is 0 Å². The second-order valence-corrected chi connectivity index (χ2v) is 8.33. The van der Waals surface area contributed by atoms with E-state index in [2.05, 4.69) is 30.3 Å². The molecule has 26 heavy (non-hydrogen) atoms. The van der Waals surface area contributed by atoms with E-state index in [9.17, 15) is 4.79 Å². The maximum atomic E-state index is 12.6. The van der Waals surface area contributed by atoms with E-state index in [1.165, 1.54) is 11.1 Å². The summed E-state index contributed by atoms with van der Waals surface area (Å²) in [6.07, 6.45) is 0.663. The van der Waals surface area contributed by atoms with Gasteiger partial charge in [0.05, 0.1) is 0 Å². The van der Waals surface area contributed by atoms with Crippen molar-refractivity contribution >= 4 is 17.7 Å². The lowest BCUT2D eigenvalue weighted by molar-refractivity contribution is 0.0184. The van der Waals surface area contributed by atoms with Gasteiger partial charge in [-0.3, -0.25) is 0 Å². The van der Waals surface area contributed by atoms with Gasteiger partial charge in [-0.25, -0.2) is 4.79 Å². The standard InChI is InChI=1S/C22H26ClNO2/c1-22(2,3)26-21(25)24-13-12-19(16-8-5-4-6-9-16)20(15-24)17-10-7-11-18(23)14-17/h4-11,14,19-20H,12-13,15H2,1-3H3/t19-,20-/m1/s1. The third kappa shape index (κ3) is 4.59. The third-order valence-corrected chi connectivity index (χ3v) is 5.00. The molecule has 1 aliphatic heterocycles. The molecular formula is C22H26ClNO2. The van der Waals surface area contributed by atoms with Crippen molar-refractivity contribution in [3.8, 4) is 0 Å². The normalized spacial score (nSPS) is 20.7. The van der Waals surface area contributed by atoms with Gasteiger partial charge in [0.2, 0.25) is 0 Å². The molecular weight excluding hydrogens is 346 g/mol. The Morgan fingerprint density at radius 1 is 1.04 bits per heavy atom. The molecule has 0 spiro atoms. The molecule has 2 aromatic rings. The molecule has 1 amide bonds. The molecule has 3 nitrogen and oxygen atoms in total. The molecule has 1 saturated heterocycles. The average molecular weight is 372 g/mol. The molecule has 3 rings (SSSR count). The number of likely N-dealkylation sites (tertiary alicyclic amines) is 1. The van der Waals surface area contributed by atoms with Crippen molar-refractivity contribution in [2.75, 3.05) is 13.1 Å². The summed E-state index contributed by atoms with van der Waals surface area (Å²) < 4.78 is 5.59. The van der Waals surface area contributed by atoms with Crippen molar-refractivity contribution in [1.82, 2.24) is 4.90 Å². The highest BCUT2D eigenvalue weighted by Crippen LogP contribution is 2.40. The second-order valence-electron chi connectivity index (χ2n) is 7.89. The van der Waals surface area contributed by atoms with Crippen LogP contribution in [0.2, 0.25) is 5.02 Å². The summed E-state index contributed by atoms with van der Waals surface area (Å²) in [6.45, 7) is 7.03. The number of rotatable bonds is 2. The zero-order valence-electron chi connectivity index (χ0n) is 15.6. The van der Waals surface area contributed by atoms with Gasteiger partial charge in [0.1, 0.15) is 5.60 Å². The largest absolute Gasteiger partial charge is 0.444 e. The van der Waals surface area contributed by atoms with Crippen LogP contribution in [-0.4, -0.2) is 29.7 Å². The molecule has 2 aromatic carbocycles. The lowest BCUT2D eigenvalue weighted by Gasteiger charge is -2.39. The van der Waals surface area contributed by atoms with E-state index in [1.807, 2.05) is 49.9 Å². The summed E-state index contributed by atoms with van der Waals surface area (Å²) in [5.74, 6) is 0.547. The Morgan fingerprint density at radius 2 is 1.73 bits per heavy atom. The van der Waals surface area contributed by atoms with Gasteiger partial charge in [-0.1, -0.05) is 54.1 Å². The Morgan fingerprint density at radius 3 is 2.38 bits per heavy atom. The van der Waals surface area contributed by atoms with Crippen LogP contribution in [0.5, 0.6) is 0 Å². The van der Waals surface area contributed by atoms with Gasteiger partial charge in [0.25, 0.3) is 0 Å². The number of nitrogens with zero attached hydrogens (tertiary/aromatic N) is 1. The number of halogens is 1.